The lowest BCUT2D eigenvalue weighted by Crippen LogP contribution is -2.68. The molecule has 0 aliphatic heterocycles. The zero-order chi connectivity index (χ0) is 29.7. The number of nitrogens with zero attached hydrogens (tertiary/aromatic N) is 1. The van der Waals surface area contributed by atoms with E-state index in [1.807, 2.05) is 39.8 Å². The van der Waals surface area contributed by atoms with E-state index < -0.39 is 27.9 Å². The highest BCUT2D eigenvalue weighted by Gasteiger charge is 2.70. The number of allylic oxidation sites excluding steroid dienone is 4. The lowest BCUT2D eigenvalue weighted by Gasteiger charge is -2.68. The highest BCUT2D eigenvalue weighted by atomic mass is 16.6. The first-order chi connectivity index (χ1) is 18.4. The van der Waals surface area contributed by atoms with Crippen molar-refractivity contribution in [2.75, 3.05) is 0 Å². The Morgan fingerprint density at radius 3 is 2.27 bits per heavy atom. The van der Waals surface area contributed by atoms with Gasteiger partial charge >= 0.3 is 6.09 Å². The highest BCUT2D eigenvalue weighted by Crippen LogP contribution is 2.74. The normalized spacial score (nSPS) is 40.5. The molecule has 0 spiro atoms. The van der Waals surface area contributed by atoms with Gasteiger partial charge in [0.1, 0.15) is 0 Å². The van der Waals surface area contributed by atoms with Gasteiger partial charge in [-0.2, -0.15) is 0 Å². The second-order valence-corrected chi connectivity index (χ2v) is 15.5. The lowest BCUT2D eigenvalue weighted by molar-refractivity contribution is -0.133. The Bertz CT molecular complexity index is 1270. The molecule has 5 aliphatic carbocycles. The molecule has 40 heavy (non-hydrogen) atoms. The summed E-state index contributed by atoms with van der Waals surface area (Å²) in [4.78, 5) is 44.4. The smallest absolute Gasteiger partial charge is 0.407 e. The number of hydrogen-bond donors (Lipinski definition) is 1. The number of ketones is 2. The van der Waals surface area contributed by atoms with Crippen LogP contribution in [-0.4, -0.2) is 29.3 Å². The van der Waals surface area contributed by atoms with Crippen LogP contribution in [0.5, 0.6) is 0 Å². The first-order valence-corrected chi connectivity index (χ1v) is 15.0. The van der Waals surface area contributed by atoms with Gasteiger partial charge in [-0.25, -0.2) is 9.64 Å². The van der Waals surface area contributed by atoms with E-state index in [0.717, 1.165) is 62.4 Å². The molecule has 0 bridgehead atoms. The molecule has 5 rings (SSSR count). The van der Waals surface area contributed by atoms with Gasteiger partial charge in [-0.15, -0.1) is 0 Å². The number of nitrogens with one attached hydrogen (secondary N) is 1. The van der Waals surface area contributed by atoms with Crippen LogP contribution in [0.3, 0.4) is 0 Å². The van der Waals surface area contributed by atoms with Crippen molar-refractivity contribution < 1.29 is 19.1 Å². The van der Waals surface area contributed by atoms with Crippen molar-refractivity contribution in [3.63, 3.8) is 0 Å². The fourth-order valence-electron chi connectivity index (χ4n) is 9.53. The van der Waals surface area contributed by atoms with Gasteiger partial charge in [0.05, 0.1) is 24.1 Å². The van der Waals surface area contributed by atoms with Crippen LogP contribution in [0.15, 0.2) is 23.4 Å². The van der Waals surface area contributed by atoms with Gasteiger partial charge in [0, 0.05) is 16.7 Å². The summed E-state index contributed by atoms with van der Waals surface area (Å²) >= 11 is 0. The standard InChI is InChI=1S/C34H46N2O4/c1-20(2)40-28(39)36-34-15-13-29(3,4)18-21(34)26-23(37)17-25-31(7)19-22(35-10)27(38)30(5,6)24(31)11-12-32(25,8)33(26,9)14-16-34/h17,19-20,24H,11-16,18H2,1-9H3,(H,36,39)/t24-,31-,32+,33+,34-/m0/s1. The van der Waals surface area contributed by atoms with Gasteiger partial charge in [-0.3, -0.25) is 4.79 Å². The van der Waals surface area contributed by atoms with Crippen LogP contribution in [0.4, 0.5) is 4.79 Å². The van der Waals surface area contributed by atoms with Crippen LogP contribution in [0.25, 0.3) is 4.85 Å². The average molecular weight is 547 g/mol. The van der Waals surface area contributed by atoms with Gasteiger partial charge in [0.2, 0.25) is 5.70 Å². The number of fused-ring (bicyclic) bond motifs is 7. The molecule has 0 saturated heterocycles. The van der Waals surface area contributed by atoms with E-state index in [0.29, 0.717) is 0 Å². The molecule has 6 nitrogen and oxygen atoms in total. The molecule has 3 saturated carbocycles. The van der Waals surface area contributed by atoms with Gasteiger partial charge < -0.3 is 14.8 Å². The minimum absolute atomic E-state index is 0.0174. The van der Waals surface area contributed by atoms with Crippen LogP contribution in [0.2, 0.25) is 0 Å². The summed E-state index contributed by atoms with van der Waals surface area (Å²) < 4.78 is 5.54. The monoisotopic (exact) mass is 546 g/mol. The Morgan fingerprint density at radius 2 is 1.65 bits per heavy atom. The van der Waals surface area contributed by atoms with Crippen LogP contribution in [0.1, 0.15) is 107 Å². The number of Topliss-reactive ketones (excluding diaryl/α,β-unsaturated/α-hetero) is 1. The Hall–Kier alpha value is -2.42. The third kappa shape index (κ3) is 3.82. The summed E-state index contributed by atoms with van der Waals surface area (Å²) in [5.74, 6) is 1.93. The van der Waals surface area contributed by atoms with E-state index in [-0.39, 0.29) is 40.1 Å². The van der Waals surface area contributed by atoms with E-state index >= 15 is 0 Å². The predicted molar refractivity (Wildman–Crippen MR) is 154 cm³/mol. The summed E-state index contributed by atoms with van der Waals surface area (Å²) in [7, 11) is 0. The second kappa shape index (κ2) is 8.79. The van der Waals surface area contributed by atoms with Gasteiger partial charge in [0.25, 0.3) is 0 Å². The van der Waals surface area contributed by atoms with E-state index in [4.69, 9.17) is 11.3 Å². The van der Waals surface area contributed by atoms with Crippen LogP contribution in [0, 0.1) is 51.4 Å². The summed E-state index contributed by atoms with van der Waals surface area (Å²) in [5.41, 5.74) is -1.27. The summed E-state index contributed by atoms with van der Waals surface area (Å²) in [6.07, 6.45) is 8.88. The van der Waals surface area contributed by atoms with Crippen molar-refractivity contribution in [3.05, 3.63) is 46.7 Å². The van der Waals surface area contributed by atoms with Crippen LogP contribution >= 0.6 is 0 Å². The van der Waals surface area contributed by atoms with E-state index in [1.54, 1.807) is 0 Å². The molecule has 0 aromatic carbocycles. The number of amides is 1. The van der Waals surface area contributed by atoms with Crippen molar-refractivity contribution in [2.24, 2.45) is 33.0 Å². The minimum atomic E-state index is -0.677. The molecule has 3 fully saturated rings. The van der Waals surface area contributed by atoms with Crippen molar-refractivity contribution in [1.82, 2.24) is 5.32 Å². The summed E-state index contributed by atoms with van der Waals surface area (Å²) in [6, 6.07) is 0. The minimum Gasteiger partial charge on any atom is -0.447 e. The van der Waals surface area contributed by atoms with Gasteiger partial charge in [-0.1, -0.05) is 60.1 Å². The first-order valence-electron chi connectivity index (χ1n) is 15.0. The lowest BCUT2D eigenvalue weighted by atomic mass is 9.35. The Morgan fingerprint density at radius 1 is 1.00 bits per heavy atom. The maximum atomic E-state index is 14.5. The fraction of sp³-hybridized carbons (Fsp3) is 0.706. The number of hydrogen-bond acceptors (Lipinski definition) is 4. The molecular weight excluding hydrogens is 500 g/mol. The third-order valence-electron chi connectivity index (χ3n) is 11.9. The van der Waals surface area contributed by atoms with Crippen LogP contribution in [-0.2, 0) is 14.3 Å². The Balaban J connectivity index is 1.64. The predicted octanol–water partition coefficient (Wildman–Crippen LogP) is 7.36. The van der Waals surface area contributed by atoms with Gasteiger partial charge in [0.15, 0.2) is 11.6 Å². The molecule has 0 aromatic heterocycles. The molecular formula is C34H46N2O4. The second-order valence-electron chi connectivity index (χ2n) is 15.5. The number of carbonyl (C=O) groups is 3. The zero-order valence-electron chi connectivity index (χ0n) is 25.8. The van der Waals surface area contributed by atoms with Crippen LogP contribution < -0.4 is 5.32 Å². The average Bonchev–Trinajstić information content (AvgIpc) is 2.83. The third-order valence-corrected chi connectivity index (χ3v) is 11.9. The highest BCUT2D eigenvalue weighted by molar-refractivity contribution is 6.08. The zero-order valence-corrected chi connectivity index (χ0v) is 25.8. The van der Waals surface area contributed by atoms with E-state index in [2.05, 4.69) is 44.8 Å². The van der Waals surface area contributed by atoms with Crippen molar-refractivity contribution in [2.45, 2.75) is 119 Å². The largest absolute Gasteiger partial charge is 0.447 e. The maximum Gasteiger partial charge on any atom is 0.407 e. The Kier molecular flexibility index (Phi) is 6.39. The molecule has 0 aromatic rings. The molecule has 5 atom stereocenters. The molecule has 6 heteroatoms. The van der Waals surface area contributed by atoms with Crippen molar-refractivity contribution in [3.8, 4) is 0 Å². The first kappa shape index (κ1) is 29.1. The number of rotatable bonds is 2. The molecule has 0 unspecified atom stereocenters. The Labute approximate surface area is 240 Å². The molecule has 2 radical (unpaired) electrons. The molecule has 1 N–H and O–H groups in total. The summed E-state index contributed by atoms with van der Waals surface area (Å²) in [5, 5.41) is 3.27. The van der Waals surface area contributed by atoms with E-state index in [9.17, 15) is 14.4 Å². The SMILES string of the molecule is [C-]#[N+]C1=C[C@]2(C)C3=CC(=O)[C]4[C]5CC(C)(C)CC[C@]5(NC(=O)OC(C)C)CC[C@@]4(C)[C@]3(C)CC[C@H]2C(C)(C)C1=O. The van der Waals surface area contributed by atoms with E-state index in [1.165, 1.54) is 0 Å². The number of alkyl carbamates (subject to hydrolysis) is 1. The number of ether oxygens (including phenoxy) is 1. The summed E-state index contributed by atoms with van der Waals surface area (Å²) in [6.45, 7) is 26.6. The molecule has 216 valence electrons. The number of carbonyl (C=O) groups excluding carboxylic acids is 3. The maximum absolute atomic E-state index is 14.5. The van der Waals surface area contributed by atoms with Crippen molar-refractivity contribution >= 4 is 17.7 Å². The van der Waals surface area contributed by atoms with Gasteiger partial charge in [-0.05, 0) is 87.0 Å². The fourth-order valence-corrected chi connectivity index (χ4v) is 9.53. The molecule has 5 aliphatic rings. The van der Waals surface area contributed by atoms with Crippen molar-refractivity contribution in [1.29, 1.82) is 0 Å². The molecule has 1 amide bonds. The topological polar surface area (TPSA) is 76.8 Å². The quantitative estimate of drug-likeness (QED) is 0.367. The molecule has 0 heterocycles.